The summed E-state index contributed by atoms with van der Waals surface area (Å²) in [5.74, 6) is 5.52. The molecule has 0 amide bonds. The zero-order valence-electron chi connectivity index (χ0n) is 35.3. The molecule has 6 aromatic carbocycles. The number of methoxy groups -OCH3 is 10. The third-order valence-electron chi connectivity index (χ3n) is 11.5. The van der Waals surface area contributed by atoms with E-state index in [1.807, 2.05) is 50.5 Å². The van der Waals surface area contributed by atoms with Crippen LogP contribution in [-0.4, -0.2) is 85.2 Å². The number of ether oxygens (including phenoxy) is 11. The highest BCUT2D eigenvalue weighted by Crippen LogP contribution is 2.61. The van der Waals surface area contributed by atoms with Crippen molar-refractivity contribution in [3.05, 3.63) is 71.8 Å². The van der Waals surface area contributed by atoms with Crippen LogP contribution in [-0.2, 0) is 4.74 Å². The summed E-state index contributed by atoms with van der Waals surface area (Å²) in [5.41, 5.74) is 6.54. The highest BCUT2D eigenvalue weighted by atomic mass is 16.5. The first-order valence-corrected chi connectivity index (χ1v) is 18.8. The lowest BCUT2D eigenvalue weighted by molar-refractivity contribution is -0.0166. The molecule has 0 aliphatic carbocycles. The maximum Gasteiger partial charge on any atom is 0.169 e. The molecular formula is C46H48N2O11. The standard InChI is InChI=1S/C46H48N2O11/c1-47-41-25(15-13-23-17-29(49-3)31(51-5)19-27(23)41)37-33(53-7)21-35(55-9)43(57-11)39(37)45(47)59-46-40-38(34(54-8)22-36(56-10)44(40)58-12)26-16-14-24-18-30(50-4)32(52-6)20-28(24)42(26)48(46)2/h13-22,45-46H,1-12H3. The second kappa shape index (κ2) is 15.3. The second-order valence-corrected chi connectivity index (χ2v) is 14.0. The predicted molar refractivity (Wildman–Crippen MR) is 228 cm³/mol. The summed E-state index contributed by atoms with van der Waals surface area (Å²) in [6.45, 7) is 0. The summed E-state index contributed by atoms with van der Waals surface area (Å²) in [4.78, 5) is 4.22. The molecule has 13 heteroatoms. The lowest BCUT2D eigenvalue weighted by atomic mass is 9.86. The topological polar surface area (TPSA) is 108 Å². The molecule has 0 fully saturated rings. The Labute approximate surface area is 343 Å². The molecule has 8 rings (SSSR count). The van der Waals surface area contributed by atoms with Gasteiger partial charge in [-0.1, -0.05) is 24.3 Å². The molecular weight excluding hydrogens is 757 g/mol. The molecule has 2 atom stereocenters. The normalized spacial score (nSPS) is 15.1. The first kappa shape index (κ1) is 39.2. The number of benzene rings is 6. The fraction of sp³-hybridized carbons (Fsp3) is 0.304. The summed E-state index contributed by atoms with van der Waals surface area (Å²) in [5, 5.41) is 3.70. The number of fused-ring (bicyclic) bond motifs is 10. The van der Waals surface area contributed by atoms with Crippen LogP contribution < -0.4 is 57.2 Å². The van der Waals surface area contributed by atoms with Crippen LogP contribution in [0.15, 0.2) is 60.7 Å². The van der Waals surface area contributed by atoms with Crippen LogP contribution in [0.1, 0.15) is 23.6 Å². The number of rotatable bonds is 12. The molecule has 59 heavy (non-hydrogen) atoms. The summed E-state index contributed by atoms with van der Waals surface area (Å²) in [7, 11) is 20.3. The largest absolute Gasteiger partial charge is 0.496 e. The van der Waals surface area contributed by atoms with Gasteiger partial charge in [0.25, 0.3) is 0 Å². The van der Waals surface area contributed by atoms with Gasteiger partial charge >= 0.3 is 0 Å². The second-order valence-electron chi connectivity index (χ2n) is 14.0. The average molecular weight is 805 g/mol. The highest BCUT2D eigenvalue weighted by Gasteiger charge is 2.44. The van der Waals surface area contributed by atoms with Gasteiger partial charge in [0.05, 0.1) is 93.6 Å². The van der Waals surface area contributed by atoms with Crippen molar-refractivity contribution in [3.8, 4) is 79.7 Å². The van der Waals surface area contributed by atoms with Crippen LogP contribution in [0.25, 0.3) is 43.8 Å². The van der Waals surface area contributed by atoms with Gasteiger partial charge in [0.15, 0.2) is 58.5 Å². The summed E-state index contributed by atoms with van der Waals surface area (Å²) >= 11 is 0. The monoisotopic (exact) mass is 804 g/mol. The molecule has 0 N–H and O–H groups in total. The van der Waals surface area contributed by atoms with Gasteiger partial charge in [0.2, 0.25) is 0 Å². The summed E-state index contributed by atoms with van der Waals surface area (Å²) in [6, 6.07) is 19.9. The Morgan fingerprint density at radius 2 is 0.712 bits per heavy atom. The molecule has 0 aromatic heterocycles. The van der Waals surface area contributed by atoms with E-state index in [1.165, 1.54) is 0 Å². The Morgan fingerprint density at radius 3 is 1.03 bits per heavy atom. The third-order valence-corrected chi connectivity index (χ3v) is 11.5. The lowest BCUT2D eigenvalue weighted by Crippen LogP contribution is -2.38. The van der Waals surface area contributed by atoms with Gasteiger partial charge in [0, 0.05) is 59.3 Å². The van der Waals surface area contributed by atoms with E-state index < -0.39 is 12.5 Å². The quantitative estimate of drug-likeness (QED) is 0.118. The predicted octanol–water partition coefficient (Wildman–Crippen LogP) is 9.03. The van der Waals surface area contributed by atoms with Crippen molar-refractivity contribution < 1.29 is 52.1 Å². The fourth-order valence-corrected chi connectivity index (χ4v) is 8.84. The number of hydrogen-bond acceptors (Lipinski definition) is 13. The van der Waals surface area contributed by atoms with Crippen molar-refractivity contribution in [3.63, 3.8) is 0 Å². The lowest BCUT2D eigenvalue weighted by Gasteiger charge is -2.45. The van der Waals surface area contributed by atoms with Gasteiger partial charge in [-0.3, -0.25) is 0 Å². The third kappa shape index (κ3) is 5.77. The van der Waals surface area contributed by atoms with Gasteiger partial charge in [-0.15, -0.1) is 0 Å². The molecule has 6 aromatic rings. The van der Waals surface area contributed by atoms with Crippen molar-refractivity contribution in [2.75, 3.05) is 95.0 Å². The van der Waals surface area contributed by atoms with Crippen LogP contribution in [0.5, 0.6) is 57.5 Å². The number of nitrogens with zero attached hydrogens (tertiary/aromatic N) is 2. The molecule has 2 aliphatic heterocycles. The molecule has 0 radical (unpaired) electrons. The first-order valence-electron chi connectivity index (χ1n) is 18.8. The van der Waals surface area contributed by atoms with Crippen molar-refractivity contribution in [1.82, 2.24) is 0 Å². The Kier molecular flexibility index (Phi) is 10.2. The van der Waals surface area contributed by atoms with Crippen molar-refractivity contribution in [1.29, 1.82) is 0 Å². The zero-order chi connectivity index (χ0) is 41.9. The minimum atomic E-state index is -0.830. The Balaban J connectivity index is 1.46. The molecule has 0 saturated carbocycles. The Bertz CT molecular complexity index is 2450. The van der Waals surface area contributed by atoms with Crippen molar-refractivity contribution >= 4 is 32.9 Å². The maximum absolute atomic E-state index is 7.66. The van der Waals surface area contributed by atoms with E-state index in [2.05, 4.69) is 34.1 Å². The fourth-order valence-electron chi connectivity index (χ4n) is 8.84. The molecule has 13 nitrogen and oxygen atoms in total. The van der Waals surface area contributed by atoms with E-state index >= 15 is 0 Å². The summed E-state index contributed by atoms with van der Waals surface area (Å²) < 4.78 is 67.4. The number of hydrogen-bond donors (Lipinski definition) is 0. The Morgan fingerprint density at radius 1 is 0.373 bits per heavy atom. The van der Waals surface area contributed by atoms with E-state index in [1.54, 1.807) is 71.1 Å². The Hall–Kier alpha value is -6.60. The molecule has 2 heterocycles. The van der Waals surface area contributed by atoms with Crippen LogP contribution in [0.2, 0.25) is 0 Å². The van der Waals surface area contributed by atoms with Gasteiger partial charge in [-0.05, 0) is 35.0 Å². The van der Waals surface area contributed by atoms with Gasteiger partial charge < -0.3 is 61.9 Å². The smallest absolute Gasteiger partial charge is 0.169 e. The molecule has 2 aliphatic rings. The summed E-state index contributed by atoms with van der Waals surface area (Å²) in [6.07, 6.45) is -1.66. The molecule has 0 spiro atoms. The molecule has 2 unspecified atom stereocenters. The first-order chi connectivity index (χ1) is 28.7. The zero-order valence-corrected chi connectivity index (χ0v) is 35.3. The minimum Gasteiger partial charge on any atom is -0.496 e. The minimum absolute atomic E-state index is 0.483. The highest BCUT2D eigenvalue weighted by molar-refractivity contribution is 6.08. The van der Waals surface area contributed by atoms with Crippen LogP contribution in [0.4, 0.5) is 11.4 Å². The van der Waals surface area contributed by atoms with Crippen molar-refractivity contribution in [2.24, 2.45) is 0 Å². The van der Waals surface area contributed by atoms with Crippen LogP contribution in [0, 0.1) is 0 Å². The number of anilines is 2. The van der Waals surface area contributed by atoms with Crippen LogP contribution in [0.3, 0.4) is 0 Å². The molecule has 308 valence electrons. The van der Waals surface area contributed by atoms with E-state index in [4.69, 9.17) is 52.1 Å². The van der Waals surface area contributed by atoms with Crippen molar-refractivity contribution in [2.45, 2.75) is 12.5 Å². The molecule has 0 saturated heterocycles. The average Bonchev–Trinajstić information content (AvgIpc) is 3.27. The van der Waals surface area contributed by atoms with Gasteiger partial charge in [-0.2, -0.15) is 0 Å². The van der Waals surface area contributed by atoms with E-state index in [9.17, 15) is 0 Å². The van der Waals surface area contributed by atoms with E-state index in [0.717, 1.165) is 55.2 Å². The van der Waals surface area contributed by atoms with Gasteiger partial charge in [-0.25, -0.2) is 0 Å². The maximum atomic E-state index is 7.66. The SMILES string of the molecule is COc1cc2ccc3c(c2cc1OC)N(C)C(OC1c2c(OC)c(OC)cc(OC)c2-c2ccc4cc(OC)c(OC)cc4c2N1C)c1c(OC)c(OC)cc(OC)c1-3. The van der Waals surface area contributed by atoms with Gasteiger partial charge in [0.1, 0.15) is 11.5 Å². The molecule has 0 bridgehead atoms. The van der Waals surface area contributed by atoms with Crippen LogP contribution >= 0.6 is 0 Å². The van der Waals surface area contributed by atoms with E-state index in [-0.39, 0.29) is 0 Å². The van der Waals surface area contributed by atoms with E-state index in [0.29, 0.717) is 68.6 Å².